The van der Waals surface area contributed by atoms with E-state index < -0.39 is 0 Å². The first kappa shape index (κ1) is 18.5. The van der Waals surface area contributed by atoms with Crippen LogP contribution in [-0.4, -0.2) is 38.0 Å². The van der Waals surface area contributed by atoms with E-state index in [1.807, 2.05) is 41.3 Å². The molecule has 4 aromatic rings. The van der Waals surface area contributed by atoms with Crippen LogP contribution < -0.4 is 4.74 Å². The average molecular weight is 401 g/mol. The number of fused-ring (bicyclic) bond motifs is 3. The molecule has 2 aromatic carbocycles. The number of amides is 1. The van der Waals surface area contributed by atoms with Crippen LogP contribution in [-0.2, 0) is 17.9 Å². The van der Waals surface area contributed by atoms with Crippen LogP contribution in [0.1, 0.15) is 29.5 Å². The van der Waals surface area contributed by atoms with Crippen LogP contribution >= 0.6 is 0 Å². The number of tetrazole rings is 1. The minimum Gasteiger partial charge on any atom is -0.496 e. The van der Waals surface area contributed by atoms with Gasteiger partial charge in [0.2, 0.25) is 5.91 Å². The number of ether oxygens (including phenoxy) is 1. The van der Waals surface area contributed by atoms with Gasteiger partial charge in [-0.25, -0.2) is 0 Å². The predicted molar refractivity (Wildman–Crippen MR) is 113 cm³/mol. The van der Waals surface area contributed by atoms with Gasteiger partial charge in [0, 0.05) is 35.5 Å². The van der Waals surface area contributed by atoms with Crippen molar-refractivity contribution in [3.63, 3.8) is 0 Å². The molecule has 0 N–H and O–H groups in total. The Hall–Kier alpha value is -3.48. The summed E-state index contributed by atoms with van der Waals surface area (Å²) in [5, 5.41) is 13.4. The van der Waals surface area contributed by atoms with Crippen molar-refractivity contribution in [1.29, 1.82) is 0 Å². The molecule has 0 spiro atoms. The maximum atomic E-state index is 13.1. The van der Waals surface area contributed by atoms with Crippen molar-refractivity contribution in [2.24, 2.45) is 5.92 Å². The Balaban J connectivity index is 1.56. The lowest BCUT2D eigenvalue weighted by molar-refractivity contribution is -0.133. The second-order valence-electron chi connectivity index (χ2n) is 7.93. The number of rotatable bonds is 6. The minimum atomic E-state index is 0.120. The molecule has 7 nitrogen and oxygen atoms in total. The number of methoxy groups -OCH3 is 1. The lowest BCUT2D eigenvalue weighted by atomic mass is 10.1. The Labute approximate surface area is 174 Å². The third-order valence-electron chi connectivity index (χ3n) is 5.65. The molecule has 1 amide bonds. The van der Waals surface area contributed by atoms with E-state index in [-0.39, 0.29) is 11.8 Å². The maximum absolute atomic E-state index is 13.1. The van der Waals surface area contributed by atoms with Gasteiger partial charge in [0.25, 0.3) is 0 Å². The molecule has 7 heteroatoms. The van der Waals surface area contributed by atoms with Crippen LogP contribution in [0.25, 0.3) is 16.6 Å². The number of hydrogen-bond donors (Lipinski definition) is 0. The Morgan fingerprint density at radius 1 is 1.13 bits per heavy atom. The molecule has 152 valence electrons. The summed E-state index contributed by atoms with van der Waals surface area (Å²) in [5.74, 6) is 1.08. The fourth-order valence-corrected chi connectivity index (χ4v) is 3.95. The van der Waals surface area contributed by atoms with Gasteiger partial charge in [-0.3, -0.25) is 4.79 Å². The molecule has 0 bridgehead atoms. The summed E-state index contributed by atoms with van der Waals surface area (Å²) in [6.45, 7) is 2.99. The van der Waals surface area contributed by atoms with Crippen LogP contribution in [0.5, 0.6) is 5.75 Å². The highest BCUT2D eigenvalue weighted by Gasteiger charge is 2.34. The van der Waals surface area contributed by atoms with Crippen molar-refractivity contribution in [3.05, 3.63) is 65.2 Å². The summed E-state index contributed by atoms with van der Waals surface area (Å²) in [4.78, 5) is 15.0. The zero-order valence-corrected chi connectivity index (χ0v) is 17.1. The van der Waals surface area contributed by atoms with E-state index in [1.165, 1.54) is 5.56 Å². The van der Waals surface area contributed by atoms with Crippen LogP contribution in [0.2, 0.25) is 0 Å². The number of pyridine rings is 1. The van der Waals surface area contributed by atoms with E-state index in [1.54, 1.807) is 11.6 Å². The molecule has 0 radical (unpaired) electrons. The summed E-state index contributed by atoms with van der Waals surface area (Å²) in [5.41, 5.74) is 4.72. The highest BCUT2D eigenvalue weighted by molar-refractivity contribution is 5.85. The van der Waals surface area contributed by atoms with Crippen molar-refractivity contribution in [2.75, 3.05) is 7.11 Å². The van der Waals surface area contributed by atoms with Gasteiger partial charge in [-0.15, -0.1) is 5.10 Å². The second-order valence-corrected chi connectivity index (χ2v) is 7.93. The van der Waals surface area contributed by atoms with Crippen molar-refractivity contribution in [3.8, 4) is 5.75 Å². The van der Waals surface area contributed by atoms with Gasteiger partial charge in [-0.1, -0.05) is 29.8 Å². The summed E-state index contributed by atoms with van der Waals surface area (Å²) in [7, 11) is 1.66. The summed E-state index contributed by atoms with van der Waals surface area (Å²) in [6.07, 6.45) is 1.92. The number of nitrogens with zero attached hydrogens (tertiary/aromatic N) is 5. The summed E-state index contributed by atoms with van der Waals surface area (Å²) in [6, 6.07) is 16.1. The van der Waals surface area contributed by atoms with Gasteiger partial charge in [-0.05, 0) is 54.5 Å². The Bertz CT molecular complexity index is 1250. The third kappa shape index (κ3) is 3.36. The maximum Gasteiger partial charge on any atom is 0.226 e. The lowest BCUT2D eigenvalue weighted by Crippen LogP contribution is -2.31. The molecule has 2 heterocycles. The largest absolute Gasteiger partial charge is 0.496 e. The first-order chi connectivity index (χ1) is 14.6. The first-order valence-corrected chi connectivity index (χ1v) is 10.1. The molecule has 0 atom stereocenters. The van der Waals surface area contributed by atoms with Gasteiger partial charge < -0.3 is 9.64 Å². The van der Waals surface area contributed by atoms with Gasteiger partial charge >= 0.3 is 0 Å². The first-order valence-electron chi connectivity index (χ1n) is 10.1. The molecular weight excluding hydrogens is 378 g/mol. The molecule has 1 aliphatic carbocycles. The van der Waals surface area contributed by atoms with E-state index in [2.05, 4.69) is 34.6 Å². The number of aryl methyl sites for hydroxylation is 1. The zero-order chi connectivity index (χ0) is 20.7. The molecule has 1 aliphatic rings. The average Bonchev–Trinajstić information content (AvgIpc) is 3.49. The molecule has 30 heavy (non-hydrogen) atoms. The Morgan fingerprint density at radius 2 is 1.93 bits per heavy atom. The standard InChI is InChI=1S/C23H23N5O2/c1-15-7-10-20-18(11-15)12-19(22-24-25-26-28(20)22)14-27(23(29)16-8-9-16)13-17-5-3-4-6-21(17)30-2/h3-7,10-12,16H,8-9,13-14H2,1-2H3. The van der Waals surface area contributed by atoms with E-state index in [0.717, 1.165) is 40.6 Å². The fourth-order valence-electron chi connectivity index (χ4n) is 3.95. The second kappa shape index (κ2) is 7.40. The Morgan fingerprint density at radius 3 is 2.73 bits per heavy atom. The van der Waals surface area contributed by atoms with Crippen molar-refractivity contribution >= 4 is 22.5 Å². The quantitative estimate of drug-likeness (QED) is 0.494. The van der Waals surface area contributed by atoms with Gasteiger partial charge in [0.15, 0.2) is 5.65 Å². The number of carbonyl (C=O) groups excluding carboxylic acids is 1. The minimum absolute atomic E-state index is 0.120. The van der Waals surface area contributed by atoms with E-state index in [4.69, 9.17) is 4.74 Å². The molecular formula is C23H23N5O2. The number of aromatic nitrogens is 4. The monoisotopic (exact) mass is 401 g/mol. The number of para-hydroxylation sites is 1. The number of carbonyl (C=O) groups is 1. The lowest BCUT2D eigenvalue weighted by Gasteiger charge is -2.24. The molecule has 1 saturated carbocycles. The van der Waals surface area contributed by atoms with Crippen LogP contribution in [0.15, 0.2) is 48.5 Å². The molecule has 5 rings (SSSR count). The third-order valence-corrected chi connectivity index (χ3v) is 5.65. The molecule has 0 unspecified atom stereocenters. The van der Waals surface area contributed by atoms with Gasteiger partial charge in [0.1, 0.15) is 5.75 Å². The SMILES string of the molecule is COc1ccccc1CN(Cc1cc2cc(C)ccc2n2nnnc12)C(=O)C1CC1. The molecule has 0 saturated heterocycles. The molecule has 2 aromatic heterocycles. The Kier molecular flexibility index (Phi) is 4.58. The van der Waals surface area contributed by atoms with Crippen LogP contribution in [0, 0.1) is 12.8 Å². The number of hydrogen-bond acceptors (Lipinski definition) is 5. The van der Waals surface area contributed by atoms with Gasteiger partial charge in [0.05, 0.1) is 12.6 Å². The van der Waals surface area contributed by atoms with E-state index in [0.29, 0.717) is 18.7 Å². The van der Waals surface area contributed by atoms with Crippen LogP contribution in [0.4, 0.5) is 0 Å². The molecule has 1 fully saturated rings. The van der Waals surface area contributed by atoms with Crippen molar-refractivity contribution in [2.45, 2.75) is 32.9 Å². The fraction of sp³-hybridized carbons (Fsp3) is 0.304. The molecule has 0 aliphatic heterocycles. The van der Waals surface area contributed by atoms with Crippen molar-refractivity contribution in [1.82, 2.24) is 24.9 Å². The van der Waals surface area contributed by atoms with Gasteiger partial charge in [-0.2, -0.15) is 4.52 Å². The van der Waals surface area contributed by atoms with E-state index in [9.17, 15) is 4.79 Å². The summed E-state index contributed by atoms with van der Waals surface area (Å²) >= 11 is 0. The highest BCUT2D eigenvalue weighted by Crippen LogP contribution is 2.33. The smallest absolute Gasteiger partial charge is 0.226 e. The zero-order valence-electron chi connectivity index (χ0n) is 17.1. The highest BCUT2D eigenvalue weighted by atomic mass is 16.5. The number of benzene rings is 2. The van der Waals surface area contributed by atoms with Crippen LogP contribution in [0.3, 0.4) is 0 Å². The topological polar surface area (TPSA) is 72.6 Å². The predicted octanol–water partition coefficient (Wildman–Crippen LogP) is 3.53. The summed E-state index contributed by atoms with van der Waals surface area (Å²) < 4.78 is 7.26. The van der Waals surface area contributed by atoms with Crippen molar-refractivity contribution < 1.29 is 9.53 Å². The van der Waals surface area contributed by atoms with E-state index >= 15 is 0 Å². The normalized spacial score (nSPS) is 13.7.